The second-order valence-electron chi connectivity index (χ2n) is 16.2. The van der Waals surface area contributed by atoms with E-state index >= 15 is 0 Å². The van der Waals surface area contributed by atoms with Crippen molar-refractivity contribution >= 4 is 11.9 Å². The third-order valence-electron chi connectivity index (χ3n) is 10.6. The van der Waals surface area contributed by atoms with E-state index in [2.05, 4.69) is 56.5 Å². The molecule has 6 heteroatoms. The molecule has 0 heterocycles. The minimum atomic E-state index is -0.800. The lowest BCUT2D eigenvalue weighted by Crippen LogP contribution is -2.46. The molecule has 0 rings (SSSR count). The van der Waals surface area contributed by atoms with Gasteiger partial charge < -0.3 is 20.3 Å². The van der Waals surface area contributed by atoms with E-state index < -0.39 is 18.2 Å². The molecule has 1 amide bonds. The van der Waals surface area contributed by atoms with E-state index in [9.17, 15) is 19.8 Å². The Morgan fingerprint density at radius 3 is 1.48 bits per heavy atom. The second-order valence-corrected chi connectivity index (χ2v) is 16.2. The molecule has 58 heavy (non-hydrogen) atoms. The lowest BCUT2D eigenvalue weighted by molar-refractivity contribution is -0.151. The monoisotopic (exact) mass is 810 g/mol. The highest BCUT2D eigenvalue weighted by atomic mass is 16.5. The first-order valence-corrected chi connectivity index (χ1v) is 24.2. The van der Waals surface area contributed by atoms with Crippen LogP contribution in [0.3, 0.4) is 0 Å². The largest absolute Gasteiger partial charge is 0.462 e. The molecule has 0 aromatic carbocycles. The van der Waals surface area contributed by atoms with Gasteiger partial charge in [-0.15, -0.1) is 0 Å². The SMILES string of the molecule is CC/C=C/C=C/C=C\C=C/C=C/CCCCCC(=O)OC(CCCCC/C=C/CCCCCCCCC)CC(=O)NC(CO)C(O)CCCCCCCCCCCC. The number of carbonyl (C=O) groups excluding carboxylic acids is 2. The predicted molar refractivity (Wildman–Crippen MR) is 250 cm³/mol. The summed E-state index contributed by atoms with van der Waals surface area (Å²) in [4.78, 5) is 26.0. The van der Waals surface area contributed by atoms with Gasteiger partial charge in [-0.1, -0.05) is 209 Å². The number of aliphatic hydroxyl groups excluding tert-OH is 2. The molecular weight excluding hydrogens is 719 g/mol. The van der Waals surface area contributed by atoms with Gasteiger partial charge in [0, 0.05) is 6.42 Å². The highest BCUT2D eigenvalue weighted by molar-refractivity contribution is 5.77. The fraction of sp³-hybridized carbons (Fsp3) is 0.731. The molecule has 0 aliphatic rings. The zero-order valence-electron chi connectivity index (χ0n) is 37.9. The number of hydrogen-bond acceptors (Lipinski definition) is 5. The van der Waals surface area contributed by atoms with Crippen molar-refractivity contribution in [3.63, 3.8) is 0 Å². The Labute approximate surface area is 358 Å². The number of carbonyl (C=O) groups is 2. The number of aliphatic hydroxyl groups is 2. The van der Waals surface area contributed by atoms with Gasteiger partial charge in [0.15, 0.2) is 0 Å². The van der Waals surface area contributed by atoms with Gasteiger partial charge in [0.1, 0.15) is 6.10 Å². The van der Waals surface area contributed by atoms with Crippen LogP contribution in [0.4, 0.5) is 0 Å². The van der Waals surface area contributed by atoms with E-state index in [0.717, 1.165) is 83.5 Å². The van der Waals surface area contributed by atoms with E-state index in [0.29, 0.717) is 19.3 Å². The van der Waals surface area contributed by atoms with Crippen LogP contribution < -0.4 is 5.32 Å². The number of hydrogen-bond donors (Lipinski definition) is 3. The van der Waals surface area contributed by atoms with E-state index in [1.54, 1.807) is 0 Å². The molecule has 0 spiro atoms. The van der Waals surface area contributed by atoms with Gasteiger partial charge in [-0.3, -0.25) is 9.59 Å². The maximum absolute atomic E-state index is 13.2. The zero-order valence-corrected chi connectivity index (χ0v) is 37.9. The molecule has 0 aliphatic heterocycles. The first-order valence-electron chi connectivity index (χ1n) is 24.2. The predicted octanol–water partition coefficient (Wildman–Crippen LogP) is 14.2. The number of ether oxygens (including phenoxy) is 1. The molecule has 3 N–H and O–H groups in total. The van der Waals surface area contributed by atoms with Crippen molar-refractivity contribution in [2.24, 2.45) is 0 Å². The average molecular weight is 810 g/mol. The van der Waals surface area contributed by atoms with Gasteiger partial charge in [0.25, 0.3) is 0 Å². The van der Waals surface area contributed by atoms with Crippen molar-refractivity contribution in [2.75, 3.05) is 6.61 Å². The Bertz CT molecular complexity index is 1090. The molecule has 0 radical (unpaired) electrons. The fourth-order valence-corrected chi connectivity index (χ4v) is 6.97. The molecule has 0 fully saturated rings. The van der Waals surface area contributed by atoms with Crippen molar-refractivity contribution in [3.8, 4) is 0 Å². The van der Waals surface area contributed by atoms with Crippen LogP contribution in [0.5, 0.6) is 0 Å². The normalized spacial score (nSPS) is 13.9. The fourth-order valence-electron chi connectivity index (χ4n) is 6.97. The summed E-state index contributed by atoms with van der Waals surface area (Å²) in [6, 6.07) is -0.716. The lowest BCUT2D eigenvalue weighted by atomic mass is 10.0. The maximum atomic E-state index is 13.2. The topological polar surface area (TPSA) is 95.9 Å². The highest BCUT2D eigenvalue weighted by Gasteiger charge is 2.24. The molecule has 0 saturated carbocycles. The lowest BCUT2D eigenvalue weighted by Gasteiger charge is -2.24. The summed E-state index contributed by atoms with van der Waals surface area (Å²) in [5, 5.41) is 23.6. The third-order valence-corrected chi connectivity index (χ3v) is 10.6. The minimum absolute atomic E-state index is 0.0469. The van der Waals surface area contributed by atoms with Crippen LogP contribution in [-0.2, 0) is 14.3 Å². The highest BCUT2D eigenvalue weighted by Crippen LogP contribution is 2.17. The van der Waals surface area contributed by atoms with Crippen LogP contribution in [-0.4, -0.2) is 46.9 Å². The number of allylic oxidation sites excluding steroid dienone is 12. The number of nitrogens with one attached hydrogen (secondary N) is 1. The Hall–Kier alpha value is -2.70. The second kappa shape index (κ2) is 45.4. The molecule has 0 aromatic heterocycles. The van der Waals surface area contributed by atoms with Crippen molar-refractivity contribution in [3.05, 3.63) is 72.9 Å². The van der Waals surface area contributed by atoms with Gasteiger partial charge in [0.05, 0.1) is 25.2 Å². The minimum Gasteiger partial charge on any atom is -0.462 e. The molecule has 3 unspecified atom stereocenters. The van der Waals surface area contributed by atoms with Crippen LogP contribution in [0, 0.1) is 0 Å². The summed E-state index contributed by atoms with van der Waals surface area (Å²) in [6.07, 6.45) is 56.7. The third kappa shape index (κ3) is 40.1. The Morgan fingerprint density at radius 2 is 0.948 bits per heavy atom. The summed E-state index contributed by atoms with van der Waals surface area (Å²) in [5.74, 6) is -0.542. The van der Waals surface area contributed by atoms with Gasteiger partial charge in [0.2, 0.25) is 5.91 Å². The van der Waals surface area contributed by atoms with Gasteiger partial charge in [-0.2, -0.15) is 0 Å². The van der Waals surface area contributed by atoms with Crippen LogP contribution in [0.15, 0.2) is 72.9 Å². The maximum Gasteiger partial charge on any atom is 0.306 e. The van der Waals surface area contributed by atoms with Crippen molar-refractivity contribution < 1.29 is 24.5 Å². The standard InChI is InChI=1S/C52H91NO5/c1-4-7-10-13-16-19-22-24-26-28-30-33-36-39-42-45-52(57)58-48(43-40-37-34-31-29-27-25-23-20-17-14-11-8-5-2)46-51(56)53-49(47-54)50(55)44-41-38-35-32-21-18-15-12-9-6-3/h7,10,13,16,19,22,24,26-30,48-50,54-55H,4-6,8-9,11-12,14-15,17-18,20-21,23,25,31-47H2,1-3H3,(H,53,56)/b10-7+,16-13+,22-19-,26-24-,29-27+,30-28+. The van der Waals surface area contributed by atoms with E-state index in [1.807, 2.05) is 42.5 Å². The van der Waals surface area contributed by atoms with Crippen LogP contribution >= 0.6 is 0 Å². The number of esters is 1. The zero-order chi connectivity index (χ0) is 42.4. The quantitative estimate of drug-likeness (QED) is 0.0247. The molecule has 3 atom stereocenters. The Kier molecular flexibility index (Phi) is 43.3. The molecule has 334 valence electrons. The van der Waals surface area contributed by atoms with Gasteiger partial charge in [-0.25, -0.2) is 0 Å². The van der Waals surface area contributed by atoms with E-state index in [4.69, 9.17) is 4.74 Å². The molecule has 0 aliphatic carbocycles. The summed E-state index contributed by atoms with van der Waals surface area (Å²) >= 11 is 0. The summed E-state index contributed by atoms with van der Waals surface area (Å²) in [6.45, 7) is 6.30. The Morgan fingerprint density at radius 1 is 0.517 bits per heavy atom. The van der Waals surface area contributed by atoms with Crippen molar-refractivity contribution in [1.29, 1.82) is 0 Å². The first kappa shape index (κ1) is 55.3. The smallest absolute Gasteiger partial charge is 0.306 e. The molecular formula is C52H91NO5. The number of amides is 1. The molecule has 0 aromatic rings. The van der Waals surface area contributed by atoms with Gasteiger partial charge >= 0.3 is 5.97 Å². The number of unbranched alkanes of at least 4 members (excludes halogenated alkanes) is 22. The molecule has 0 bridgehead atoms. The summed E-state index contributed by atoms with van der Waals surface area (Å²) < 4.78 is 5.89. The van der Waals surface area contributed by atoms with E-state index in [-0.39, 0.29) is 24.9 Å². The van der Waals surface area contributed by atoms with Crippen molar-refractivity contribution in [1.82, 2.24) is 5.32 Å². The summed E-state index contributed by atoms with van der Waals surface area (Å²) in [7, 11) is 0. The van der Waals surface area contributed by atoms with Crippen molar-refractivity contribution in [2.45, 2.75) is 238 Å². The molecule has 0 saturated heterocycles. The first-order chi connectivity index (χ1) is 28.5. The number of rotatable bonds is 42. The van der Waals surface area contributed by atoms with Crippen LogP contribution in [0.25, 0.3) is 0 Å². The summed E-state index contributed by atoms with van der Waals surface area (Å²) in [5.41, 5.74) is 0. The van der Waals surface area contributed by atoms with Gasteiger partial charge in [-0.05, 0) is 70.6 Å². The average Bonchev–Trinajstić information content (AvgIpc) is 3.22. The molecule has 6 nitrogen and oxygen atoms in total. The van der Waals surface area contributed by atoms with E-state index in [1.165, 1.54) is 89.9 Å². The van der Waals surface area contributed by atoms with Crippen LogP contribution in [0.1, 0.15) is 220 Å². The Balaban J connectivity index is 4.72. The van der Waals surface area contributed by atoms with Crippen LogP contribution in [0.2, 0.25) is 0 Å².